The molecule has 2 amide bonds. The zero-order valence-corrected chi connectivity index (χ0v) is 17.8. The standard InChI is InChI=1S/C23H28ClN3O2/c1-16-11-17(2)13-19(12-16)23(29)25-14-22(28)26-21-7-9-27(10-8-21)15-18-3-5-20(24)6-4-18/h3-6,11-13,21H,7-10,14-15H2,1-2H3,(H,25,29)(H,26,28). The van der Waals surface area contributed by atoms with E-state index in [1.807, 2.05) is 44.2 Å². The zero-order valence-electron chi connectivity index (χ0n) is 17.0. The van der Waals surface area contributed by atoms with Gasteiger partial charge >= 0.3 is 0 Å². The Bertz CT molecular complexity index is 839. The van der Waals surface area contributed by atoms with Gasteiger partial charge in [-0.15, -0.1) is 0 Å². The van der Waals surface area contributed by atoms with E-state index in [4.69, 9.17) is 11.6 Å². The third kappa shape index (κ3) is 6.58. The number of hydrogen-bond donors (Lipinski definition) is 2. The quantitative estimate of drug-likeness (QED) is 0.762. The second kappa shape index (κ2) is 9.90. The summed E-state index contributed by atoms with van der Waals surface area (Å²) in [6.45, 7) is 6.66. The van der Waals surface area contributed by atoms with E-state index in [9.17, 15) is 9.59 Å². The van der Waals surface area contributed by atoms with Crippen molar-refractivity contribution in [2.45, 2.75) is 39.3 Å². The maximum absolute atomic E-state index is 12.3. The highest BCUT2D eigenvalue weighted by Gasteiger charge is 2.21. The Hall–Kier alpha value is -2.37. The number of benzene rings is 2. The molecule has 1 fully saturated rings. The predicted molar refractivity (Wildman–Crippen MR) is 116 cm³/mol. The summed E-state index contributed by atoms with van der Waals surface area (Å²) in [7, 11) is 0. The van der Waals surface area contributed by atoms with Crippen molar-refractivity contribution in [3.05, 3.63) is 69.7 Å². The number of aryl methyl sites for hydroxylation is 2. The average molecular weight is 414 g/mol. The summed E-state index contributed by atoms with van der Waals surface area (Å²) in [6.07, 6.45) is 1.81. The van der Waals surface area contributed by atoms with E-state index in [2.05, 4.69) is 27.7 Å². The molecule has 0 unspecified atom stereocenters. The molecule has 0 saturated carbocycles. The molecule has 0 aliphatic carbocycles. The summed E-state index contributed by atoms with van der Waals surface area (Å²) in [4.78, 5) is 26.9. The lowest BCUT2D eigenvalue weighted by atomic mass is 10.0. The first kappa shape index (κ1) is 21.3. The summed E-state index contributed by atoms with van der Waals surface area (Å²) in [6, 6.07) is 13.8. The van der Waals surface area contributed by atoms with Crippen molar-refractivity contribution in [1.82, 2.24) is 15.5 Å². The average Bonchev–Trinajstić information content (AvgIpc) is 2.68. The largest absolute Gasteiger partial charge is 0.352 e. The number of piperidine rings is 1. The molecule has 1 saturated heterocycles. The second-order valence-electron chi connectivity index (χ2n) is 7.80. The van der Waals surface area contributed by atoms with Crippen LogP contribution in [0.3, 0.4) is 0 Å². The minimum absolute atomic E-state index is 0.00316. The van der Waals surface area contributed by atoms with Crippen molar-refractivity contribution in [1.29, 1.82) is 0 Å². The van der Waals surface area contributed by atoms with Gasteiger partial charge in [-0.3, -0.25) is 14.5 Å². The number of halogens is 1. The zero-order chi connectivity index (χ0) is 20.8. The summed E-state index contributed by atoms with van der Waals surface area (Å²) in [5.41, 5.74) is 3.90. The minimum atomic E-state index is -0.218. The van der Waals surface area contributed by atoms with Crippen LogP contribution in [0.4, 0.5) is 0 Å². The fourth-order valence-corrected chi connectivity index (χ4v) is 3.86. The van der Waals surface area contributed by atoms with Crippen molar-refractivity contribution >= 4 is 23.4 Å². The molecule has 0 radical (unpaired) electrons. The van der Waals surface area contributed by atoms with Crippen LogP contribution in [0.2, 0.25) is 5.02 Å². The normalized spacial score (nSPS) is 15.1. The van der Waals surface area contributed by atoms with Crippen molar-refractivity contribution in [3.63, 3.8) is 0 Å². The van der Waals surface area contributed by atoms with Gasteiger partial charge in [0.1, 0.15) is 0 Å². The molecule has 2 aromatic rings. The van der Waals surface area contributed by atoms with Gasteiger partial charge in [0.2, 0.25) is 5.91 Å². The number of carbonyl (C=O) groups excluding carboxylic acids is 2. The first-order valence-corrected chi connectivity index (χ1v) is 10.4. The number of hydrogen-bond acceptors (Lipinski definition) is 3. The van der Waals surface area contributed by atoms with Crippen LogP contribution >= 0.6 is 11.6 Å². The molecule has 0 aromatic heterocycles. The summed E-state index contributed by atoms with van der Waals surface area (Å²) in [5.74, 6) is -0.358. The molecule has 1 heterocycles. The second-order valence-corrected chi connectivity index (χ2v) is 8.24. The van der Waals surface area contributed by atoms with Gasteiger partial charge in [-0.2, -0.15) is 0 Å². The van der Waals surface area contributed by atoms with E-state index >= 15 is 0 Å². The van der Waals surface area contributed by atoms with Crippen LogP contribution in [0.15, 0.2) is 42.5 Å². The number of carbonyl (C=O) groups is 2. The number of rotatable bonds is 6. The minimum Gasteiger partial charge on any atom is -0.352 e. The van der Waals surface area contributed by atoms with Gasteiger partial charge in [0.05, 0.1) is 6.54 Å². The summed E-state index contributed by atoms with van der Waals surface area (Å²) < 4.78 is 0. The van der Waals surface area contributed by atoms with Crippen LogP contribution in [-0.2, 0) is 11.3 Å². The van der Waals surface area contributed by atoms with Crippen LogP contribution in [0, 0.1) is 13.8 Å². The molecule has 0 atom stereocenters. The lowest BCUT2D eigenvalue weighted by Crippen LogP contribution is -2.47. The number of nitrogens with zero attached hydrogens (tertiary/aromatic N) is 1. The Labute approximate surface area is 177 Å². The van der Waals surface area contributed by atoms with Gasteiger partial charge in [-0.25, -0.2) is 0 Å². The van der Waals surface area contributed by atoms with Crippen molar-refractivity contribution in [2.24, 2.45) is 0 Å². The highest BCUT2D eigenvalue weighted by Crippen LogP contribution is 2.16. The van der Waals surface area contributed by atoms with Gasteiger partial charge in [0, 0.05) is 36.3 Å². The van der Waals surface area contributed by atoms with Gasteiger partial charge in [0.15, 0.2) is 0 Å². The predicted octanol–water partition coefficient (Wildman–Crippen LogP) is 3.47. The van der Waals surface area contributed by atoms with Gasteiger partial charge in [-0.05, 0) is 56.5 Å². The van der Waals surface area contributed by atoms with E-state index in [-0.39, 0.29) is 24.4 Å². The molecule has 1 aliphatic rings. The molecular formula is C23H28ClN3O2. The summed E-state index contributed by atoms with van der Waals surface area (Å²) in [5, 5.41) is 6.51. The van der Waals surface area contributed by atoms with Crippen molar-refractivity contribution < 1.29 is 9.59 Å². The highest BCUT2D eigenvalue weighted by molar-refractivity contribution is 6.30. The maximum Gasteiger partial charge on any atom is 0.251 e. The molecule has 29 heavy (non-hydrogen) atoms. The molecule has 2 aromatic carbocycles. The molecule has 2 N–H and O–H groups in total. The Morgan fingerprint density at radius 2 is 1.66 bits per heavy atom. The molecule has 6 heteroatoms. The summed E-state index contributed by atoms with van der Waals surface area (Å²) >= 11 is 5.94. The third-order valence-corrected chi connectivity index (χ3v) is 5.42. The highest BCUT2D eigenvalue weighted by atomic mass is 35.5. The number of nitrogens with one attached hydrogen (secondary N) is 2. The number of amides is 2. The number of likely N-dealkylation sites (tertiary alicyclic amines) is 1. The monoisotopic (exact) mass is 413 g/mol. The Kier molecular flexibility index (Phi) is 7.29. The van der Waals surface area contributed by atoms with E-state index in [0.29, 0.717) is 5.56 Å². The smallest absolute Gasteiger partial charge is 0.251 e. The molecular weight excluding hydrogens is 386 g/mol. The van der Waals surface area contributed by atoms with Gasteiger partial charge in [-0.1, -0.05) is 40.9 Å². The molecule has 1 aliphatic heterocycles. The van der Waals surface area contributed by atoms with Crippen LogP contribution in [0.1, 0.15) is 39.9 Å². The fraction of sp³-hybridized carbons (Fsp3) is 0.391. The van der Waals surface area contributed by atoms with Gasteiger partial charge in [0.25, 0.3) is 5.91 Å². The Balaban J connectivity index is 1.39. The molecule has 3 rings (SSSR count). The van der Waals surface area contributed by atoms with Gasteiger partial charge < -0.3 is 10.6 Å². The first-order valence-electron chi connectivity index (χ1n) is 10.0. The molecule has 154 valence electrons. The van der Waals surface area contributed by atoms with E-state index in [1.165, 1.54) is 5.56 Å². The first-order chi connectivity index (χ1) is 13.9. The molecule has 5 nitrogen and oxygen atoms in total. The lowest BCUT2D eigenvalue weighted by Gasteiger charge is -2.32. The topological polar surface area (TPSA) is 61.4 Å². The Morgan fingerprint density at radius 1 is 1.03 bits per heavy atom. The molecule has 0 bridgehead atoms. The lowest BCUT2D eigenvalue weighted by molar-refractivity contribution is -0.121. The van der Waals surface area contributed by atoms with Crippen molar-refractivity contribution in [3.8, 4) is 0 Å². The Morgan fingerprint density at radius 3 is 2.28 bits per heavy atom. The van der Waals surface area contributed by atoms with Crippen LogP contribution in [0.5, 0.6) is 0 Å². The van der Waals surface area contributed by atoms with E-state index in [0.717, 1.165) is 48.6 Å². The van der Waals surface area contributed by atoms with Crippen molar-refractivity contribution in [2.75, 3.05) is 19.6 Å². The third-order valence-electron chi connectivity index (χ3n) is 5.17. The fourth-order valence-electron chi connectivity index (χ4n) is 3.73. The van der Waals surface area contributed by atoms with Crippen LogP contribution < -0.4 is 10.6 Å². The van der Waals surface area contributed by atoms with E-state index < -0.39 is 0 Å². The SMILES string of the molecule is Cc1cc(C)cc(C(=O)NCC(=O)NC2CCN(Cc3ccc(Cl)cc3)CC2)c1. The molecule has 0 spiro atoms. The van der Waals surface area contributed by atoms with Crippen LogP contribution in [-0.4, -0.2) is 42.4 Å². The maximum atomic E-state index is 12.3. The van der Waals surface area contributed by atoms with E-state index in [1.54, 1.807) is 0 Å². The van der Waals surface area contributed by atoms with Crippen LogP contribution in [0.25, 0.3) is 0 Å².